The lowest BCUT2D eigenvalue weighted by Crippen LogP contribution is -2.38. The van der Waals surface area contributed by atoms with Crippen LogP contribution in [0.3, 0.4) is 0 Å². The number of carbonyl (C=O) groups excluding carboxylic acids is 1. The summed E-state index contributed by atoms with van der Waals surface area (Å²) in [6, 6.07) is 13.1. The van der Waals surface area contributed by atoms with Gasteiger partial charge in [-0.2, -0.15) is 0 Å². The molecule has 172 valence electrons. The first-order valence-electron chi connectivity index (χ1n) is 12.1. The molecule has 0 aliphatic carbocycles. The van der Waals surface area contributed by atoms with E-state index in [1.807, 2.05) is 24.8 Å². The Hall–Kier alpha value is -2.62. The minimum absolute atomic E-state index is 0.0756. The number of imidazole rings is 1. The smallest absolute Gasteiger partial charge is 0.255 e. The highest BCUT2D eigenvalue weighted by atomic mass is 16.2. The maximum Gasteiger partial charge on any atom is 0.255 e. The molecule has 2 aromatic carbocycles. The summed E-state index contributed by atoms with van der Waals surface area (Å²) in [5, 5.41) is 0. The number of amides is 1. The summed E-state index contributed by atoms with van der Waals surface area (Å²) in [5.41, 5.74) is 6.29. The van der Waals surface area contributed by atoms with Gasteiger partial charge in [0, 0.05) is 17.6 Å². The van der Waals surface area contributed by atoms with Crippen LogP contribution in [0, 0.1) is 20.8 Å². The summed E-state index contributed by atoms with van der Waals surface area (Å²) >= 11 is 0. The summed E-state index contributed by atoms with van der Waals surface area (Å²) in [5.74, 6) is 1.08. The minimum Gasteiger partial charge on any atom is -0.329 e. The van der Waals surface area contributed by atoms with Gasteiger partial charge in [-0.15, -0.1) is 0 Å². The SMILES string of the molecule is CCCC(CCC)n1c(CN(C(=O)c2c(C)cc(C)cc2C)C(C)C)nc2ccccc21. The summed E-state index contributed by atoms with van der Waals surface area (Å²) < 4.78 is 2.42. The van der Waals surface area contributed by atoms with Crippen molar-refractivity contribution in [3.05, 3.63) is 64.5 Å². The van der Waals surface area contributed by atoms with Gasteiger partial charge in [-0.1, -0.05) is 56.5 Å². The van der Waals surface area contributed by atoms with Crippen molar-refractivity contribution in [2.24, 2.45) is 0 Å². The van der Waals surface area contributed by atoms with Crippen LogP contribution < -0.4 is 0 Å². The molecule has 1 aromatic heterocycles. The maximum absolute atomic E-state index is 13.8. The van der Waals surface area contributed by atoms with E-state index in [4.69, 9.17) is 4.98 Å². The molecule has 0 saturated carbocycles. The molecule has 1 amide bonds. The van der Waals surface area contributed by atoms with Gasteiger partial charge in [-0.3, -0.25) is 4.79 Å². The van der Waals surface area contributed by atoms with Crippen LogP contribution in [-0.2, 0) is 6.54 Å². The van der Waals surface area contributed by atoms with Gasteiger partial charge < -0.3 is 9.47 Å². The van der Waals surface area contributed by atoms with Crippen molar-refractivity contribution < 1.29 is 4.79 Å². The average molecular weight is 434 g/mol. The van der Waals surface area contributed by atoms with Crippen molar-refractivity contribution in [2.75, 3.05) is 0 Å². The number of fused-ring (bicyclic) bond motifs is 1. The van der Waals surface area contributed by atoms with Crippen molar-refractivity contribution in [3.63, 3.8) is 0 Å². The normalized spacial score (nSPS) is 11.7. The Morgan fingerprint density at radius 1 is 1.00 bits per heavy atom. The van der Waals surface area contributed by atoms with Crippen LogP contribution in [0.25, 0.3) is 11.0 Å². The van der Waals surface area contributed by atoms with Crippen LogP contribution in [0.5, 0.6) is 0 Å². The van der Waals surface area contributed by atoms with Gasteiger partial charge in [0.25, 0.3) is 5.91 Å². The highest BCUT2D eigenvalue weighted by Gasteiger charge is 2.26. The molecule has 0 bridgehead atoms. The molecule has 0 atom stereocenters. The zero-order chi connectivity index (χ0) is 23.4. The maximum atomic E-state index is 13.8. The van der Waals surface area contributed by atoms with Gasteiger partial charge in [0.15, 0.2) is 0 Å². The largest absolute Gasteiger partial charge is 0.329 e. The van der Waals surface area contributed by atoms with E-state index in [-0.39, 0.29) is 11.9 Å². The van der Waals surface area contributed by atoms with Gasteiger partial charge in [-0.25, -0.2) is 4.98 Å². The topological polar surface area (TPSA) is 38.1 Å². The van der Waals surface area contributed by atoms with Crippen molar-refractivity contribution >= 4 is 16.9 Å². The molecule has 3 aromatic rings. The number of nitrogens with zero attached hydrogens (tertiary/aromatic N) is 3. The molecule has 32 heavy (non-hydrogen) atoms. The first-order chi connectivity index (χ1) is 15.3. The highest BCUT2D eigenvalue weighted by molar-refractivity contribution is 5.97. The summed E-state index contributed by atoms with van der Waals surface area (Å²) in [7, 11) is 0. The Kier molecular flexibility index (Phi) is 7.76. The van der Waals surface area contributed by atoms with Crippen LogP contribution in [0.2, 0.25) is 0 Å². The molecular formula is C28H39N3O. The van der Waals surface area contributed by atoms with Crippen molar-refractivity contribution in [1.29, 1.82) is 0 Å². The Morgan fingerprint density at radius 2 is 1.59 bits per heavy atom. The Bertz CT molecular complexity index is 1050. The van der Waals surface area contributed by atoms with Crippen molar-refractivity contribution in [1.82, 2.24) is 14.5 Å². The second kappa shape index (κ2) is 10.3. The Balaban J connectivity index is 2.08. The van der Waals surface area contributed by atoms with E-state index < -0.39 is 0 Å². The number of aromatic nitrogens is 2. The van der Waals surface area contributed by atoms with E-state index in [2.05, 4.69) is 69.5 Å². The first-order valence-corrected chi connectivity index (χ1v) is 12.1. The molecule has 1 heterocycles. The highest BCUT2D eigenvalue weighted by Crippen LogP contribution is 2.29. The van der Waals surface area contributed by atoms with E-state index in [1.165, 1.54) is 11.1 Å². The molecule has 0 aliphatic rings. The lowest BCUT2D eigenvalue weighted by molar-refractivity contribution is 0.0680. The van der Waals surface area contributed by atoms with Gasteiger partial charge in [-0.05, 0) is 70.7 Å². The molecule has 4 nitrogen and oxygen atoms in total. The Morgan fingerprint density at radius 3 is 2.16 bits per heavy atom. The fourth-order valence-electron chi connectivity index (χ4n) is 4.98. The molecule has 0 aliphatic heterocycles. The fourth-order valence-corrected chi connectivity index (χ4v) is 4.98. The van der Waals surface area contributed by atoms with Crippen LogP contribution in [0.1, 0.15) is 92.3 Å². The van der Waals surface area contributed by atoms with Gasteiger partial charge in [0.1, 0.15) is 5.82 Å². The monoisotopic (exact) mass is 433 g/mol. The lowest BCUT2D eigenvalue weighted by atomic mass is 9.98. The zero-order valence-electron chi connectivity index (χ0n) is 20.9. The third-order valence-corrected chi connectivity index (χ3v) is 6.36. The van der Waals surface area contributed by atoms with E-state index >= 15 is 0 Å². The van der Waals surface area contributed by atoms with Crippen molar-refractivity contribution in [3.8, 4) is 0 Å². The second-order valence-corrected chi connectivity index (χ2v) is 9.42. The van der Waals surface area contributed by atoms with E-state index in [9.17, 15) is 4.79 Å². The Labute approximate surface area is 193 Å². The summed E-state index contributed by atoms with van der Waals surface area (Å²) in [6.45, 7) is 15.4. The number of hydrogen-bond donors (Lipinski definition) is 0. The summed E-state index contributed by atoms with van der Waals surface area (Å²) in [4.78, 5) is 20.8. The molecule has 3 rings (SSSR count). The average Bonchev–Trinajstić information content (AvgIpc) is 3.08. The van der Waals surface area contributed by atoms with Crippen LogP contribution in [0.15, 0.2) is 36.4 Å². The van der Waals surface area contributed by atoms with Crippen LogP contribution in [0.4, 0.5) is 0 Å². The van der Waals surface area contributed by atoms with Gasteiger partial charge in [0.05, 0.1) is 17.6 Å². The fraction of sp³-hybridized carbons (Fsp3) is 0.500. The van der Waals surface area contributed by atoms with Gasteiger partial charge >= 0.3 is 0 Å². The molecule has 0 saturated heterocycles. The first kappa shape index (κ1) is 24.0. The number of hydrogen-bond acceptors (Lipinski definition) is 2. The predicted molar refractivity (Wildman–Crippen MR) is 134 cm³/mol. The van der Waals surface area contributed by atoms with Crippen LogP contribution in [-0.4, -0.2) is 26.4 Å². The quantitative estimate of drug-likeness (QED) is 0.359. The number of carbonyl (C=O) groups is 1. The molecule has 0 fully saturated rings. The molecule has 0 radical (unpaired) electrons. The standard InChI is InChI=1S/C28H39N3O/c1-8-12-23(13-9-2)31-25-15-11-10-14-24(25)29-26(31)18-30(19(3)4)28(32)27-21(6)16-20(5)17-22(27)7/h10-11,14-17,19,23H,8-9,12-13,18H2,1-7H3. The van der Waals surface area contributed by atoms with Crippen molar-refractivity contribution in [2.45, 2.75) is 92.8 Å². The third kappa shape index (κ3) is 4.90. The number of benzene rings is 2. The number of para-hydroxylation sites is 2. The number of aryl methyl sites for hydroxylation is 3. The molecular weight excluding hydrogens is 394 g/mol. The minimum atomic E-state index is 0.0756. The molecule has 0 spiro atoms. The lowest BCUT2D eigenvalue weighted by Gasteiger charge is -2.29. The van der Waals surface area contributed by atoms with E-state index in [0.29, 0.717) is 12.6 Å². The number of rotatable bonds is 9. The van der Waals surface area contributed by atoms with Crippen LogP contribution >= 0.6 is 0 Å². The van der Waals surface area contributed by atoms with E-state index in [0.717, 1.165) is 53.7 Å². The summed E-state index contributed by atoms with van der Waals surface area (Å²) in [6.07, 6.45) is 4.50. The predicted octanol–water partition coefficient (Wildman–Crippen LogP) is 7.15. The second-order valence-electron chi connectivity index (χ2n) is 9.42. The molecule has 0 unspecified atom stereocenters. The molecule has 4 heteroatoms. The van der Waals surface area contributed by atoms with E-state index in [1.54, 1.807) is 0 Å². The molecule has 0 N–H and O–H groups in total. The van der Waals surface area contributed by atoms with Gasteiger partial charge in [0.2, 0.25) is 0 Å². The third-order valence-electron chi connectivity index (χ3n) is 6.36. The zero-order valence-corrected chi connectivity index (χ0v) is 20.9.